The van der Waals surface area contributed by atoms with Gasteiger partial charge in [0, 0.05) is 56.5 Å². The zero-order valence-electron chi connectivity index (χ0n) is 20.7. The van der Waals surface area contributed by atoms with Crippen molar-refractivity contribution in [2.75, 3.05) is 53.6 Å². The monoisotopic (exact) mass is 550 g/mol. The lowest BCUT2D eigenvalue weighted by Gasteiger charge is -2.34. The number of nitrogens with zero attached hydrogens (tertiary/aromatic N) is 4. The van der Waals surface area contributed by atoms with Gasteiger partial charge in [-0.25, -0.2) is 35.9 Å². The number of hydrogen-bond donors (Lipinski definition) is 2. The summed E-state index contributed by atoms with van der Waals surface area (Å²) in [5, 5.41) is 5.71. The molecule has 38 heavy (non-hydrogen) atoms. The number of hydrogen-bond acceptors (Lipinski definition) is 8. The van der Waals surface area contributed by atoms with E-state index in [1.807, 2.05) is 13.8 Å². The summed E-state index contributed by atoms with van der Waals surface area (Å²) in [6.07, 6.45) is 0.822. The molecule has 202 valence electrons. The summed E-state index contributed by atoms with van der Waals surface area (Å²) < 4.78 is 84.8. The van der Waals surface area contributed by atoms with E-state index >= 15 is 4.39 Å². The van der Waals surface area contributed by atoms with E-state index in [1.165, 1.54) is 6.07 Å². The first-order valence-electron chi connectivity index (χ1n) is 12.1. The van der Waals surface area contributed by atoms with Gasteiger partial charge in [0.15, 0.2) is 15.7 Å². The zero-order valence-corrected chi connectivity index (χ0v) is 21.5. The van der Waals surface area contributed by atoms with Crippen LogP contribution in [0.2, 0.25) is 0 Å². The summed E-state index contributed by atoms with van der Waals surface area (Å²) in [6, 6.07) is 4.18. The first kappa shape index (κ1) is 26.2. The second kappa shape index (κ2) is 10.0. The Balaban J connectivity index is 1.51. The maximum Gasteiger partial charge on any atom is 0.228 e. The van der Waals surface area contributed by atoms with Gasteiger partial charge in [-0.2, -0.15) is 0 Å². The van der Waals surface area contributed by atoms with Gasteiger partial charge >= 0.3 is 0 Å². The Kier molecular flexibility index (Phi) is 6.90. The van der Waals surface area contributed by atoms with E-state index in [2.05, 4.69) is 20.6 Å². The average molecular weight is 551 g/mol. The number of anilines is 4. The maximum absolute atomic E-state index is 15.1. The third-order valence-corrected chi connectivity index (χ3v) is 8.37. The summed E-state index contributed by atoms with van der Waals surface area (Å²) in [7, 11) is -3.86. The normalized spacial score (nSPS) is 17.0. The Morgan fingerprint density at radius 2 is 1.66 bits per heavy atom. The largest absolute Gasteiger partial charge is 0.367 e. The summed E-state index contributed by atoms with van der Waals surface area (Å²) >= 11 is 0. The van der Waals surface area contributed by atoms with Crippen molar-refractivity contribution < 1.29 is 26.0 Å². The highest BCUT2D eigenvalue weighted by molar-refractivity contribution is 7.91. The number of benzene rings is 2. The fraction of sp³-hybridized carbons (Fsp3) is 0.360. The van der Waals surface area contributed by atoms with Crippen molar-refractivity contribution in [3.8, 4) is 11.3 Å². The minimum Gasteiger partial charge on any atom is -0.367 e. The minimum absolute atomic E-state index is 0.0207. The Hall–Kier alpha value is -3.45. The van der Waals surface area contributed by atoms with Gasteiger partial charge in [0.1, 0.15) is 28.0 Å². The van der Waals surface area contributed by atoms with Gasteiger partial charge < -0.3 is 20.4 Å². The van der Waals surface area contributed by atoms with E-state index < -0.39 is 38.0 Å². The molecule has 0 unspecified atom stereocenters. The summed E-state index contributed by atoms with van der Waals surface area (Å²) in [4.78, 5) is 10.9. The van der Waals surface area contributed by atoms with Crippen LogP contribution in [0.25, 0.3) is 11.3 Å². The fourth-order valence-corrected chi connectivity index (χ4v) is 6.24. The predicted octanol–water partition coefficient (Wildman–Crippen LogP) is 3.86. The summed E-state index contributed by atoms with van der Waals surface area (Å²) in [6.45, 7) is 6.18. The second-order valence-electron chi connectivity index (χ2n) is 9.45. The van der Waals surface area contributed by atoms with Gasteiger partial charge in [-0.3, -0.25) is 0 Å². The van der Waals surface area contributed by atoms with E-state index in [0.717, 1.165) is 24.4 Å². The van der Waals surface area contributed by atoms with Gasteiger partial charge in [0.2, 0.25) is 5.95 Å². The summed E-state index contributed by atoms with van der Waals surface area (Å²) in [5.41, 5.74) is -0.357. The highest BCUT2D eigenvalue weighted by Crippen LogP contribution is 2.38. The third kappa shape index (κ3) is 4.87. The van der Waals surface area contributed by atoms with E-state index in [1.54, 1.807) is 9.80 Å². The van der Waals surface area contributed by atoms with Crippen molar-refractivity contribution in [2.24, 2.45) is 0 Å². The predicted molar refractivity (Wildman–Crippen MR) is 137 cm³/mol. The molecule has 13 heteroatoms. The van der Waals surface area contributed by atoms with Crippen LogP contribution >= 0.6 is 0 Å². The Morgan fingerprint density at radius 1 is 0.921 bits per heavy atom. The van der Waals surface area contributed by atoms with E-state index in [-0.39, 0.29) is 52.6 Å². The van der Waals surface area contributed by atoms with Crippen molar-refractivity contribution in [3.63, 3.8) is 0 Å². The Morgan fingerprint density at radius 3 is 2.37 bits per heavy atom. The topological polar surface area (TPSA) is 90.5 Å². The molecule has 0 atom stereocenters. The van der Waals surface area contributed by atoms with Crippen molar-refractivity contribution in [1.82, 2.24) is 15.3 Å². The number of rotatable bonds is 5. The van der Waals surface area contributed by atoms with Crippen LogP contribution in [0.4, 0.5) is 40.6 Å². The SMILES string of the molecule is CC(C)N1CCS(=O)(=O)c2c(F)cc(-c3nc(Nc4cc(F)c(N5CCNCC5)cc4F)ncc3F)cc21. The van der Waals surface area contributed by atoms with Gasteiger partial charge in [-0.15, -0.1) is 0 Å². The Labute approximate surface area is 217 Å². The molecule has 0 amide bonds. The molecule has 0 aliphatic carbocycles. The molecule has 2 aromatic carbocycles. The lowest BCUT2D eigenvalue weighted by Crippen LogP contribution is -2.43. The number of fused-ring (bicyclic) bond motifs is 1. The number of sulfone groups is 1. The van der Waals surface area contributed by atoms with Gasteiger partial charge in [0.05, 0.1) is 29.0 Å². The van der Waals surface area contributed by atoms with Crippen LogP contribution in [-0.4, -0.2) is 62.9 Å². The number of nitrogens with one attached hydrogen (secondary N) is 2. The van der Waals surface area contributed by atoms with Crippen molar-refractivity contribution >= 4 is 32.8 Å². The van der Waals surface area contributed by atoms with Crippen molar-refractivity contribution in [3.05, 3.63) is 53.7 Å². The maximum atomic E-state index is 15.1. The first-order valence-corrected chi connectivity index (χ1v) is 13.8. The number of halogens is 4. The van der Waals surface area contributed by atoms with Gasteiger partial charge in [-0.05, 0) is 26.0 Å². The molecule has 1 fully saturated rings. The zero-order chi connectivity index (χ0) is 27.2. The molecule has 0 radical (unpaired) electrons. The minimum atomic E-state index is -3.86. The highest BCUT2D eigenvalue weighted by atomic mass is 32.2. The average Bonchev–Trinajstić information content (AvgIpc) is 2.87. The number of piperazine rings is 1. The van der Waals surface area contributed by atoms with Gasteiger partial charge in [-0.1, -0.05) is 0 Å². The van der Waals surface area contributed by atoms with Crippen LogP contribution in [0.3, 0.4) is 0 Å². The lowest BCUT2D eigenvalue weighted by molar-refractivity contribution is 0.553. The van der Waals surface area contributed by atoms with E-state index in [9.17, 15) is 21.6 Å². The fourth-order valence-electron chi connectivity index (χ4n) is 4.74. The number of aromatic nitrogens is 2. The Bertz CT molecular complexity index is 1500. The molecule has 2 aliphatic heterocycles. The molecule has 0 bridgehead atoms. The van der Waals surface area contributed by atoms with Crippen LogP contribution in [0, 0.1) is 23.3 Å². The summed E-state index contributed by atoms with van der Waals surface area (Å²) in [5.74, 6) is -3.81. The van der Waals surface area contributed by atoms with E-state index in [4.69, 9.17) is 0 Å². The molecule has 3 aromatic rings. The molecule has 0 spiro atoms. The smallest absolute Gasteiger partial charge is 0.228 e. The highest BCUT2D eigenvalue weighted by Gasteiger charge is 2.34. The lowest BCUT2D eigenvalue weighted by atomic mass is 10.1. The van der Waals surface area contributed by atoms with Crippen molar-refractivity contribution in [1.29, 1.82) is 0 Å². The van der Waals surface area contributed by atoms with Crippen LogP contribution in [-0.2, 0) is 9.84 Å². The molecule has 5 rings (SSSR count). The molecule has 1 aromatic heterocycles. The van der Waals surface area contributed by atoms with E-state index in [0.29, 0.717) is 26.2 Å². The quantitative estimate of drug-likeness (QED) is 0.463. The molecule has 8 nitrogen and oxygen atoms in total. The third-order valence-electron chi connectivity index (χ3n) is 6.63. The van der Waals surface area contributed by atoms with Gasteiger partial charge in [0.25, 0.3) is 0 Å². The first-order chi connectivity index (χ1) is 18.0. The molecule has 3 heterocycles. The molecule has 1 saturated heterocycles. The second-order valence-corrected chi connectivity index (χ2v) is 11.5. The van der Waals surface area contributed by atoms with Crippen LogP contribution in [0.1, 0.15) is 13.8 Å². The van der Waals surface area contributed by atoms with Crippen LogP contribution in [0.5, 0.6) is 0 Å². The molecule has 2 N–H and O–H groups in total. The standard InChI is InChI=1S/C25H26F4N6O2S/c1-14(2)35-7-8-38(36,37)24-18(28)9-15(10-22(24)35)23-19(29)13-31-25(33-23)32-20-11-17(27)21(12-16(20)26)34-5-3-30-4-6-34/h9-14,30H,3-8H2,1-2H3,(H,31,32,33). The molecule has 2 aliphatic rings. The molecular weight excluding hydrogens is 524 g/mol. The van der Waals surface area contributed by atoms with Crippen LogP contribution in [0.15, 0.2) is 35.4 Å². The van der Waals surface area contributed by atoms with Crippen molar-refractivity contribution in [2.45, 2.75) is 24.8 Å². The molecular formula is C25H26F4N6O2S. The molecule has 0 saturated carbocycles. The van der Waals surface area contributed by atoms with Crippen LogP contribution < -0.4 is 20.4 Å².